The normalized spacial score (nSPS) is 20.3. The molecule has 4 heteroatoms. The summed E-state index contributed by atoms with van der Waals surface area (Å²) in [5, 5.41) is 4.21. The zero-order chi connectivity index (χ0) is 15.1. The first kappa shape index (κ1) is 15.5. The van der Waals surface area contributed by atoms with E-state index in [1.54, 1.807) is 0 Å². The molecule has 1 fully saturated rings. The van der Waals surface area contributed by atoms with Crippen LogP contribution in [0, 0.1) is 5.92 Å². The van der Waals surface area contributed by atoms with E-state index in [-0.39, 0.29) is 12.5 Å². The molecule has 0 heterocycles. The summed E-state index contributed by atoms with van der Waals surface area (Å²) in [5.74, 6) is 1.17. The molecule has 0 bridgehead atoms. The summed E-state index contributed by atoms with van der Waals surface area (Å²) in [5.41, 5.74) is 4.94. The topological polar surface area (TPSA) is 50.7 Å². The summed E-state index contributed by atoms with van der Waals surface area (Å²) in [4.78, 5) is 11.7. The van der Waals surface area contributed by atoms with Crippen LogP contribution in [0.2, 0.25) is 0 Å². The van der Waals surface area contributed by atoms with Crippen molar-refractivity contribution in [1.82, 2.24) is 5.43 Å². The summed E-state index contributed by atoms with van der Waals surface area (Å²) in [6, 6.07) is 7.80. The highest BCUT2D eigenvalue weighted by atomic mass is 16.5. The van der Waals surface area contributed by atoms with E-state index in [2.05, 4.69) is 24.4 Å². The van der Waals surface area contributed by atoms with Crippen LogP contribution >= 0.6 is 0 Å². The number of ether oxygens (including phenoxy) is 1. The van der Waals surface area contributed by atoms with Crippen molar-refractivity contribution in [1.29, 1.82) is 0 Å². The molecule has 0 saturated heterocycles. The average molecular weight is 288 g/mol. The number of aryl methyl sites for hydroxylation is 1. The maximum atomic E-state index is 11.7. The molecular formula is C17H24N2O2. The molecule has 0 aromatic heterocycles. The molecule has 0 radical (unpaired) electrons. The molecule has 0 spiro atoms. The lowest BCUT2D eigenvalue weighted by Gasteiger charge is -2.18. The Morgan fingerprint density at radius 1 is 1.38 bits per heavy atom. The number of hydrogen-bond donors (Lipinski definition) is 1. The first-order valence-corrected chi connectivity index (χ1v) is 7.73. The Labute approximate surface area is 126 Å². The Kier molecular flexibility index (Phi) is 5.78. The quantitative estimate of drug-likeness (QED) is 0.845. The van der Waals surface area contributed by atoms with Gasteiger partial charge in [-0.25, -0.2) is 5.43 Å². The first-order valence-electron chi connectivity index (χ1n) is 7.73. The lowest BCUT2D eigenvalue weighted by Crippen LogP contribution is -2.27. The molecule has 1 amide bonds. The summed E-state index contributed by atoms with van der Waals surface area (Å²) >= 11 is 0. The monoisotopic (exact) mass is 288 g/mol. The number of nitrogens with one attached hydrogen (secondary N) is 1. The van der Waals surface area contributed by atoms with Gasteiger partial charge in [0.2, 0.25) is 0 Å². The third-order valence-corrected chi connectivity index (χ3v) is 3.79. The van der Waals surface area contributed by atoms with Crippen LogP contribution in [0.4, 0.5) is 0 Å². The Bertz CT molecular complexity index is 494. The average Bonchev–Trinajstić information content (AvgIpc) is 2.51. The van der Waals surface area contributed by atoms with Crippen LogP contribution in [-0.4, -0.2) is 18.2 Å². The predicted molar refractivity (Wildman–Crippen MR) is 84.5 cm³/mol. The van der Waals surface area contributed by atoms with Crippen molar-refractivity contribution in [2.45, 2.75) is 46.0 Å². The van der Waals surface area contributed by atoms with Crippen molar-refractivity contribution in [3.63, 3.8) is 0 Å². The number of rotatable bonds is 5. The Morgan fingerprint density at radius 2 is 2.14 bits per heavy atom. The van der Waals surface area contributed by atoms with Crippen LogP contribution in [0.15, 0.2) is 29.4 Å². The lowest BCUT2D eigenvalue weighted by atomic mass is 9.89. The van der Waals surface area contributed by atoms with Gasteiger partial charge in [0.1, 0.15) is 5.75 Å². The van der Waals surface area contributed by atoms with Crippen LogP contribution in [0.1, 0.15) is 45.1 Å². The molecule has 1 atom stereocenters. The van der Waals surface area contributed by atoms with E-state index in [1.807, 2.05) is 24.3 Å². The second-order valence-corrected chi connectivity index (χ2v) is 5.70. The van der Waals surface area contributed by atoms with Gasteiger partial charge in [-0.3, -0.25) is 4.79 Å². The van der Waals surface area contributed by atoms with E-state index in [0.717, 1.165) is 31.4 Å². The highest BCUT2D eigenvalue weighted by Crippen LogP contribution is 2.20. The molecule has 1 aliphatic carbocycles. The molecule has 114 valence electrons. The number of carbonyl (C=O) groups excluding carboxylic acids is 1. The molecule has 1 aromatic rings. The minimum atomic E-state index is -0.208. The third kappa shape index (κ3) is 5.21. The minimum Gasteiger partial charge on any atom is -0.484 e. The van der Waals surface area contributed by atoms with E-state index < -0.39 is 0 Å². The zero-order valence-electron chi connectivity index (χ0n) is 12.9. The van der Waals surface area contributed by atoms with Gasteiger partial charge in [-0.15, -0.1) is 0 Å². The van der Waals surface area contributed by atoms with E-state index in [1.165, 1.54) is 12.0 Å². The second kappa shape index (κ2) is 7.81. The Morgan fingerprint density at radius 3 is 2.81 bits per heavy atom. The van der Waals surface area contributed by atoms with Crippen LogP contribution in [0.25, 0.3) is 0 Å². The summed E-state index contributed by atoms with van der Waals surface area (Å²) in [6.45, 7) is 4.33. The minimum absolute atomic E-state index is 0.00218. The molecule has 4 nitrogen and oxygen atoms in total. The number of carbonyl (C=O) groups is 1. The molecule has 0 aliphatic heterocycles. The van der Waals surface area contributed by atoms with Gasteiger partial charge in [-0.1, -0.05) is 26.0 Å². The van der Waals surface area contributed by atoms with Gasteiger partial charge >= 0.3 is 0 Å². The first-order chi connectivity index (χ1) is 10.2. The van der Waals surface area contributed by atoms with Gasteiger partial charge in [-0.05, 0) is 55.7 Å². The van der Waals surface area contributed by atoms with Crippen LogP contribution in [0.3, 0.4) is 0 Å². The van der Waals surface area contributed by atoms with Crippen molar-refractivity contribution in [2.24, 2.45) is 11.0 Å². The fourth-order valence-electron chi connectivity index (χ4n) is 2.51. The number of amides is 1. The van der Waals surface area contributed by atoms with Gasteiger partial charge in [0.15, 0.2) is 6.61 Å². The van der Waals surface area contributed by atoms with Gasteiger partial charge in [0.05, 0.1) is 0 Å². The Balaban J connectivity index is 1.75. The maximum Gasteiger partial charge on any atom is 0.277 e. The van der Waals surface area contributed by atoms with Gasteiger partial charge < -0.3 is 4.74 Å². The standard InChI is InChI=1S/C17H24N2O2/c1-3-14-7-9-16(10-8-14)21-12-17(20)19-18-15-6-4-5-13(2)11-15/h7-10,13H,3-6,11-12H2,1-2H3,(H,19,20)/b18-15+/t13-/m1/s1. The van der Waals surface area contributed by atoms with Crippen LogP contribution < -0.4 is 10.2 Å². The molecule has 21 heavy (non-hydrogen) atoms. The Hall–Kier alpha value is -1.84. The molecule has 1 aromatic carbocycles. The predicted octanol–water partition coefficient (Wildman–Crippen LogP) is 3.31. The van der Waals surface area contributed by atoms with Crippen LogP contribution in [0.5, 0.6) is 5.75 Å². The second-order valence-electron chi connectivity index (χ2n) is 5.70. The van der Waals surface area contributed by atoms with Crippen molar-refractivity contribution < 1.29 is 9.53 Å². The van der Waals surface area contributed by atoms with E-state index in [0.29, 0.717) is 11.7 Å². The van der Waals surface area contributed by atoms with Gasteiger partial charge in [-0.2, -0.15) is 5.10 Å². The van der Waals surface area contributed by atoms with Crippen molar-refractivity contribution in [2.75, 3.05) is 6.61 Å². The number of hydrogen-bond acceptors (Lipinski definition) is 3. The van der Waals surface area contributed by atoms with Gasteiger partial charge in [0.25, 0.3) is 5.91 Å². The fraction of sp³-hybridized carbons (Fsp3) is 0.529. The molecule has 1 saturated carbocycles. The van der Waals surface area contributed by atoms with E-state index in [9.17, 15) is 4.79 Å². The zero-order valence-corrected chi connectivity index (χ0v) is 12.9. The summed E-state index contributed by atoms with van der Waals surface area (Å²) in [6.07, 6.45) is 5.39. The SMILES string of the molecule is CCc1ccc(OCC(=O)N/N=C2\CCC[C@@H](C)C2)cc1. The molecular weight excluding hydrogens is 264 g/mol. The third-order valence-electron chi connectivity index (χ3n) is 3.79. The number of hydrazone groups is 1. The van der Waals surface area contributed by atoms with E-state index >= 15 is 0 Å². The molecule has 0 unspecified atom stereocenters. The molecule has 1 aliphatic rings. The maximum absolute atomic E-state index is 11.7. The van der Waals surface area contributed by atoms with Crippen molar-refractivity contribution in [3.8, 4) is 5.75 Å². The van der Waals surface area contributed by atoms with Gasteiger partial charge in [0, 0.05) is 5.71 Å². The highest BCUT2D eigenvalue weighted by molar-refractivity contribution is 5.87. The number of nitrogens with zero attached hydrogens (tertiary/aromatic N) is 1. The fourth-order valence-corrected chi connectivity index (χ4v) is 2.51. The number of benzene rings is 1. The summed E-state index contributed by atoms with van der Waals surface area (Å²) in [7, 11) is 0. The van der Waals surface area contributed by atoms with E-state index in [4.69, 9.17) is 4.74 Å². The largest absolute Gasteiger partial charge is 0.484 e. The summed E-state index contributed by atoms with van der Waals surface area (Å²) < 4.78 is 5.45. The van der Waals surface area contributed by atoms with Crippen LogP contribution in [-0.2, 0) is 11.2 Å². The molecule has 1 N–H and O–H groups in total. The molecule has 2 rings (SSSR count). The van der Waals surface area contributed by atoms with Crippen molar-refractivity contribution >= 4 is 11.6 Å². The smallest absolute Gasteiger partial charge is 0.277 e. The lowest BCUT2D eigenvalue weighted by molar-refractivity contribution is -0.123. The highest BCUT2D eigenvalue weighted by Gasteiger charge is 2.14. The van der Waals surface area contributed by atoms with Crippen molar-refractivity contribution in [3.05, 3.63) is 29.8 Å².